The standard InChI is InChI=1S/C13H25N3O3S/c1-2-18-9-3-5-14-13(20)15-6-4-12(17)16-7-10-19-11-8-16/h2-11H2,1H3,(H2,14,15,20). The number of rotatable bonds is 8. The Morgan fingerprint density at radius 3 is 2.70 bits per heavy atom. The van der Waals surface area contributed by atoms with Crippen LogP contribution in [0, 0.1) is 0 Å². The molecule has 0 aromatic heterocycles. The topological polar surface area (TPSA) is 62.8 Å². The zero-order chi connectivity index (χ0) is 14.6. The highest BCUT2D eigenvalue weighted by atomic mass is 32.1. The number of morpholine rings is 1. The maximum atomic E-state index is 11.9. The molecule has 2 N–H and O–H groups in total. The Labute approximate surface area is 126 Å². The minimum Gasteiger partial charge on any atom is -0.382 e. The first-order chi connectivity index (χ1) is 9.74. The summed E-state index contributed by atoms with van der Waals surface area (Å²) >= 11 is 5.13. The molecule has 6 nitrogen and oxygen atoms in total. The summed E-state index contributed by atoms with van der Waals surface area (Å²) in [6, 6.07) is 0. The van der Waals surface area contributed by atoms with Gasteiger partial charge in [0.15, 0.2) is 5.11 Å². The number of ether oxygens (including phenoxy) is 2. The quantitative estimate of drug-likeness (QED) is 0.491. The van der Waals surface area contributed by atoms with Gasteiger partial charge in [0.1, 0.15) is 0 Å². The van der Waals surface area contributed by atoms with Crippen LogP contribution in [0.5, 0.6) is 0 Å². The van der Waals surface area contributed by atoms with E-state index in [1.165, 1.54) is 0 Å². The fourth-order valence-electron chi connectivity index (χ4n) is 1.84. The van der Waals surface area contributed by atoms with Crippen LogP contribution in [0.15, 0.2) is 0 Å². The third-order valence-electron chi connectivity index (χ3n) is 2.94. The van der Waals surface area contributed by atoms with Gasteiger partial charge in [-0.3, -0.25) is 4.79 Å². The summed E-state index contributed by atoms with van der Waals surface area (Å²) < 4.78 is 10.4. The van der Waals surface area contributed by atoms with Crippen LogP contribution in [0.4, 0.5) is 0 Å². The molecule has 0 aromatic rings. The lowest BCUT2D eigenvalue weighted by Gasteiger charge is -2.26. The highest BCUT2D eigenvalue weighted by Gasteiger charge is 2.15. The number of nitrogens with one attached hydrogen (secondary N) is 2. The Bertz CT molecular complexity index is 297. The van der Waals surface area contributed by atoms with Gasteiger partial charge in [0.2, 0.25) is 5.91 Å². The molecule has 0 saturated carbocycles. The van der Waals surface area contributed by atoms with E-state index in [4.69, 9.17) is 21.7 Å². The maximum Gasteiger partial charge on any atom is 0.224 e. The molecule has 0 atom stereocenters. The van der Waals surface area contributed by atoms with Gasteiger partial charge in [-0.2, -0.15) is 0 Å². The molecule has 1 saturated heterocycles. The SMILES string of the molecule is CCOCCCNC(=S)NCCC(=O)N1CCOCC1. The van der Waals surface area contributed by atoms with Crippen LogP contribution >= 0.6 is 12.2 Å². The highest BCUT2D eigenvalue weighted by molar-refractivity contribution is 7.80. The second-order valence-electron chi connectivity index (χ2n) is 4.48. The minimum absolute atomic E-state index is 0.153. The zero-order valence-corrected chi connectivity index (χ0v) is 13.0. The smallest absolute Gasteiger partial charge is 0.224 e. The van der Waals surface area contributed by atoms with Gasteiger partial charge in [0, 0.05) is 45.8 Å². The average molecular weight is 303 g/mol. The first kappa shape index (κ1) is 17.1. The van der Waals surface area contributed by atoms with Crippen molar-refractivity contribution < 1.29 is 14.3 Å². The normalized spacial score (nSPS) is 14.9. The van der Waals surface area contributed by atoms with Crippen molar-refractivity contribution in [1.29, 1.82) is 0 Å². The number of hydrogen-bond acceptors (Lipinski definition) is 4. The minimum atomic E-state index is 0.153. The zero-order valence-electron chi connectivity index (χ0n) is 12.2. The third-order valence-corrected chi connectivity index (χ3v) is 3.23. The molecule has 0 unspecified atom stereocenters. The Morgan fingerprint density at radius 2 is 2.00 bits per heavy atom. The number of nitrogens with zero attached hydrogens (tertiary/aromatic N) is 1. The van der Waals surface area contributed by atoms with E-state index in [1.54, 1.807) is 0 Å². The molecule has 1 aliphatic rings. The fourth-order valence-corrected chi connectivity index (χ4v) is 2.04. The van der Waals surface area contributed by atoms with Crippen LogP contribution in [0.3, 0.4) is 0 Å². The molecule has 1 amide bonds. The molecule has 0 bridgehead atoms. The summed E-state index contributed by atoms with van der Waals surface area (Å²) in [7, 11) is 0. The molecule has 1 aliphatic heterocycles. The Kier molecular flexibility index (Phi) is 9.27. The second-order valence-corrected chi connectivity index (χ2v) is 4.88. The van der Waals surface area contributed by atoms with Gasteiger partial charge < -0.3 is 25.0 Å². The van der Waals surface area contributed by atoms with Crippen molar-refractivity contribution in [2.24, 2.45) is 0 Å². The molecule has 1 rings (SSSR count). The van der Waals surface area contributed by atoms with E-state index in [1.807, 2.05) is 11.8 Å². The van der Waals surface area contributed by atoms with Crippen molar-refractivity contribution in [1.82, 2.24) is 15.5 Å². The fraction of sp³-hybridized carbons (Fsp3) is 0.846. The van der Waals surface area contributed by atoms with Crippen LogP contribution in [-0.2, 0) is 14.3 Å². The van der Waals surface area contributed by atoms with Crippen molar-refractivity contribution in [2.75, 3.05) is 52.6 Å². The first-order valence-corrected chi connectivity index (χ1v) is 7.60. The maximum absolute atomic E-state index is 11.9. The van der Waals surface area contributed by atoms with E-state index in [0.29, 0.717) is 44.4 Å². The van der Waals surface area contributed by atoms with Crippen LogP contribution in [0.25, 0.3) is 0 Å². The lowest BCUT2D eigenvalue weighted by molar-refractivity contribution is -0.135. The number of carbonyl (C=O) groups excluding carboxylic acids is 1. The van der Waals surface area contributed by atoms with Crippen molar-refractivity contribution >= 4 is 23.2 Å². The molecule has 1 heterocycles. The van der Waals surface area contributed by atoms with Gasteiger partial charge >= 0.3 is 0 Å². The van der Waals surface area contributed by atoms with Crippen LogP contribution in [0.2, 0.25) is 0 Å². The second kappa shape index (κ2) is 10.8. The van der Waals surface area contributed by atoms with Gasteiger partial charge in [-0.1, -0.05) is 0 Å². The summed E-state index contributed by atoms with van der Waals surface area (Å²) in [5, 5.41) is 6.73. The molecule has 0 spiro atoms. The summed E-state index contributed by atoms with van der Waals surface area (Å²) in [5.74, 6) is 0.153. The van der Waals surface area contributed by atoms with E-state index in [2.05, 4.69) is 10.6 Å². The molecule has 0 aromatic carbocycles. The van der Waals surface area contributed by atoms with E-state index in [9.17, 15) is 4.79 Å². The van der Waals surface area contributed by atoms with Gasteiger partial charge in [-0.05, 0) is 25.6 Å². The van der Waals surface area contributed by atoms with Crippen LogP contribution < -0.4 is 10.6 Å². The van der Waals surface area contributed by atoms with Crippen molar-refractivity contribution in [3.63, 3.8) is 0 Å². The number of hydrogen-bond donors (Lipinski definition) is 2. The molecular formula is C13H25N3O3S. The number of carbonyl (C=O) groups is 1. The van der Waals surface area contributed by atoms with Crippen LogP contribution in [0.1, 0.15) is 19.8 Å². The molecular weight excluding hydrogens is 278 g/mol. The predicted octanol–water partition coefficient (Wildman–Crippen LogP) is 0.126. The van der Waals surface area contributed by atoms with Crippen molar-refractivity contribution in [3.8, 4) is 0 Å². The lowest BCUT2D eigenvalue weighted by atomic mass is 10.3. The Morgan fingerprint density at radius 1 is 1.30 bits per heavy atom. The summed E-state index contributed by atoms with van der Waals surface area (Å²) in [4.78, 5) is 13.7. The molecule has 116 valence electrons. The van der Waals surface area contributed by atoms with Gasteiger partial charge in [-0.25, -0.2) is 0 Å². The van der Waals surface area contributed by atoms with E-state index in [-0.39, 0.29) is 5.91 Å². The molecule has 20 heavy (non-hydrogen) atoms. The summed E-state index contributed by atoms with van der Waals surface area (Å²) in [6.45, 7) is 7.46. The third kappa shape index (κ3) is 7.62. The Hall–Kier alpha value is -0.920. The lowest BCUT2D eigenvalue weighted by Crippen LogP contribution is -2.43. The number of thiocarbonyl (C=S) groups is 1. The monoisotopic (exact) mass is 303 g/mol. The van der Waals surface area contributed by atoms with Crippen molar-refractivity contribution in [2.45, 2.75) is 19.8 Å². The van der Waals surface area contributed by atoms with Gasteiger partial charge in [0.25, 0.3) is 0 Å². The highest BCUT2D eigenvalue weighted by Crippen LogP contribution is 1.99. The Balaban J connectivity index is 1.99. The summed E-state index contributed by atoms with van der Waals surface area (Å²) in [6.07, 6.45) is 1.38. The van der Waals surface area contributed by atoms with Crippen LogP contribution in [-0.4, -0.2) is 68.5 Å². The van der Waals surface area contributed by atoms with E-state index in [0.717, 1.165) is 26.2 Å². The molecule has 7 heteroatoms. The first-order valence-electron chi connectivity index (χ1n) is 7.19. The van der Waals surface area contributed by atoms with Gasteiger partial charge in [0.05, 0.1) is 13.2 Å². The van der Waals surface area contributed by atoms with Crippen molar-refractivity contribution in [3.05, 3.63) is 0 Å². The predicted molar refractivity (Wildman–Crippen MR) is 81.7 cm³/mol. The van der Waals surface area contributed by atoms with E-state index < -0.39 is 0 Å². The molecule has 0 aliphatic carbocycles. The molecule has 1 fully saturated rings. The largest absolute Gasteiger partial charge is 0.382 e. The molecule has 0 radical (unpaired) electrons. The summed E-state index contributed by atoms with van der Waals surface area (Å²) in [5.41, 5.74) is 0. The van der Waals surface area contributed by atoms with E-state index >= 15 is 0 Å². The number of amides is 1. The average Bonchev–Trinajstić information content (AvgIpc) is 2.48. The van der Waals surface area contributed by atoms with Gasteiger partial charge in [-0.15, -0.1) is 0 Å².